The van der Waals surface area contributed by atoms with Crippen molar-refractivity contribution in [2.75, 3.05) is 6.61 Å². The molecule has 2 unspecified atom stereocenters. The maximum atomic E-state index is 6.35. The van der Waals surface area contributed by atoms with E-state index >= 15 is 0 Å². The Hall–Kier alpha value is -0.0400. The molecular weight excluding hydrogens is 208 g/mol. The maximum Gasteiger partial charge on any atom is 0.0683 e. The van der Waals surface area contributed by atoms with E-state index in [0.29, 0.717) is 11.0 Å². The molecule has 17 heavy (non-hydrogen) atoms. The molecule has 0 bridgehead atoms. The molecule has 1 heteroatoms. The number of rotatable bonds is 0. The molecule has 98 valence electrons. The van der Waals surface area contributed by atoms with Crippen LogP contribution < -0.4 is 0 Å². The third kappa shape index (κ3) is 2.41. The molecule has 1 heterocycles. The third-order valence-corrected chi connectivity index (χ3v) is 5.76. The number of hydrogen-bond donors (Lipinski definition) is 0. The van der Waals surface area contributed by atoms with E-state index in [2.05, 4.69) is 20.8 Å². The van der Waals surface area contributed by atoms with E-state index in [1.54, 1.807) is 0 Å². The van der Waals surface area contributed by atoms with Gasteiger partial charge in [-0.2, -0.15) is 0 Å². The van der Waals surface area contributed by atoms with Crippen molar-refractivity contribution in [1.29, 1.82) is 0 Å². The first kappa shape index (κ1) is 12.0. The minimum atomic E-state index is 0.301. The minimum Gasteiger partial charge on any atom is -0.375 e. The predicted molar refractivity (Wildman–Crippen MR) is 70.9 cm³/mol. The molecule has 0 N–H and O–H groups in total. The van der Waals surface area contributed by atoms with Gasteiger partial charge in [0.05, 0.1) is 12.2 Å². The van der Waals surface area contributed by atoms with E-state index in [4.69, 9.17) is 4.74 Å². The lowest BCUT2D eigenvalue weighted by Gasteiger charge is -2.43. The second-order valence-corrected chi connectivity index (χ2v) is 7.93. The van der Waals surface area contributed by atoms with Crippen LogP contribution in [0.4, 0.5) is 0 Å². The summed E-state index contributed by atoms with van der Waals surface area (Å²) in [6.07, 6.45) is 9.69. The lowest BCUT2D eigenvalue weighted by Crippen LogP contribution is -2.39. The van der Waals surface area contributed by atoms with Crippen molar-refractivity contribution < 1.29 is 4.74 Å². The molecule has 2 atom stereocenters. The van der Waals surface area contributed by atoms with Gasteiger partial charge in [0.2, 0.25) is 0 Å². The summed E-state index contributed by atoms with van der Waals surface area (Å²) in [6, 6.07) is 0. The Kier molecular flexibility index (Phi) is 2.81. The highest BCUT2D eigenvalue weighted by molar-refractivity contribution is 4.97. The molecule has 3 aliphatic rings. The van der Waals surface area contributed by atoms with Gasteiger partial charge in [-0.1, -0.05) is 20.8 Å². The summed E-state index contributed by atoms with van der Waals surface area (Å²) < 4.78 is 6.35. The van der Waals surface area contributed by atoms with E-state index in [0.717, 1.165) is 24.4 Å². The Labute approximate surface area is 106 Å². The third-order valence-electron chi connectivity index (χ3n) is 5.76. The molecule has 1 aliphatic heterocycles. The highest BCUT2D eigenvalue weighted by Gasteiger charge is 2.47. The van der Waals surface area contributed by atoms with Crippen LogP contribution in [0, 0.1) is 23.2 Å². The topological polar surface area (TPSA) is 9.23 Å². The van der Waals surface area contributed by atoms with Gasteiger partial charge in [0, 0.05) is 0 Å². The van der Waals surface area contributed by atoms with E-state index in [9.17, 15) is 0 Å². The van der Waals surface area contributed by atoms with Crippen molar-refractivity contribution in [1.82, 2.24) is 0 Å². The number of fused-ring (bicyclic) bond motifs is 1. The summed E-state index contributed by atoms with van der Waals surface area (Å²) in [4.78, 5) is 0. The van der Waals surface area contributed by atoms with Gasteiger partial charge in [-0.15, -0.1) is 0 Å². The van der Waals surface area contributed by atoms with Crippen molar-refractivity contribution in [3.05, 3.63) is 0 Å². The van der Waals surface area contributed by atoms with Crippen LogP contribution in [0.2, 0.25) is 0 Å². The zero-order chi connectivity index (χ0) is 12.1. The van der Waals surface area contributed by atoms with Crippen molar-refractivity contribution >= 4 is 0 Å². The molecule has 1 spiro atoms. The monoisotopic (exact) mass is 236 g/mol. The number of ether oxygens (including phenoxy) is 1. The van der Waals surface area contributed by atoms with E-state index < -0.39 is 0 Å². The zero-order valence-electron chi connectivity index (χ0n) is 11.8. The van der Waals surface area contributed by atoms with Gasteiger partial charge in [0.15, 0.2) is 0 Å². The van der Waals surface area contributed by atoms with Gasteiger partial charge in [-0.05, 0) is 68.1 Å². The van der Waals surface area contributed by atoms with Crippen LogP contribution in [-0.2, 0) is 4.74 Å². The normalized spacial score (nSPS) is 46.4. The zero-order valence-corrected chi connectivity index (χ0v) is 11.8. The first-order valence-corrected chi connectivity index (χ1v) is 7.62. The fourth-order valence-electron chi connectivity index (χ4n) is 4.08. The molecule has 0 aromatic heterocycles. The average molecular weight is 236 g/mol. The molecule has 0 aromatic rings. The lowest BCUT2D eigenvalue weighted by molar-refractivity contribution is -0.0893. The Morgan fingerprint density at radius 1 is 0.941 bits per heavy atom. The van der Waals surface area contributed by atoms with Crippen LogP contribution >= 0.6 is 0 Å². The minimum absolute atomic E-state index is 0.301. The van der Waals surface area contributed by atoms with Crippen LogP contribution in [0.1, 0.15) is 65.7 Å². The van der Waals surface area contributed by atoms with Crippen molar-refractivity contribution in [3.63, 3.8) is 0 Å². The standard InChI is InChI=1S/C16H28O/c1-15(2,3)14-5-8-16(9-6-14)7-4-12-10-13(12)11-17-16/h12-14H,4-11H2,1-3H3. The lowest BCUT2D eigenvalue weighted by atomic mass is 9.67. The Morgan fingerprint density at radius 2 is 1.59 bits per heavy atom. The smallest absolute Gasteiger partial charge is 0.0683 e. The van der Waals surface area contributed by atoms with Crippen LogP contribution in [0.3, 0.4) is 0 Å². The van der Waals surface area contributed by atoms with Gasteiger partial charge >= 0.3 is 0 Å². The summed E-state index contributed by atoms with van der Waals surface area (Å²) in [6.45, 7) is 8.28. The van der Waals surface area contributed by atoms with Gasteiger partial charge in [-0.25, -0.2) is 0 Å². The first-order valence-electron chi connectivity index (χ1n) is 7.62. The SMILES string of the molecule is CC(C)(C)C1CCC2(CCC3CC3CO2)CC1. The highest BCUT2D eigenvalue weighted by atomic mass is 16.5. The molecule has 2 aliphatic carbocycles. The molecular formula is C16H28O. The first-order chi connectivity index (χ1) is 7.99. The molecule has 1 saturated heterocycles. The van der Waals surface area contributed by atoms with Gasteiger partial charge in [0.25, 0.3) is 0 Å². The van der Waals surface area contributed by atoms with Crippen molar-refractivity contribution in [3.8, 4) is 0 Å². The molecule has 0 aromatic carbocycles. The summed E-state index contributed by atoms with van der Waals surface area (Å²) in [5.74, 6) is 2.89. The van der Waals surface area contributed by atoms with Crippen molar-refractivity contribution in [2.24, 2.45) is 23.2 Å². The van der Waals surface area contributed by atoms with E-state index in [1.165, 1.54) is 44.9 Å². The molecule has 3 fully saturated rings. The van der Waals surface area contributed by atoms with Gasteiger partial charge in [-0.3, -0.25) is 0 Å². The maximum absolute atomic E-state index is 6.35. The highest BCUT2D eigenvalue weighted by Crippen LogP contribution is 2.51. The molecule has 0 radical (unpaired) electrons. The second-order valence-electron chi connectivity index (χ2n) is 7.93. The predicted octanol–water partition coefficient (Wildman–Crippen LogP) is 4.41. The fraction of sp³-hybridized carbons (Fsp3) is 1.00. The average Bonchev–Trinajstić information content (AvgIpc) is 3.02. The summed E-state index contributed by atoms with van der Waals surface area (Å²) in [5.41, 5.74) is 0.795. The number of hydrogen-bond acceptors (Lipinski definition) is 1. The second kappa shape index (κ2) is 3.98. The van der Waals surface area contributed by atoms with Crippen LogP contribution in [-0.4, -0.2) is 12.2 Å². The van der Waals surface area contributed by atoms with Crippen LogP contribution in [0.5, 0.6) is 0 Å². The molecule has 0 amide bonds. The Balaban J connectivity index is 1.59. The summed E-state index contributed by atoms with van der Waals surface area (Å²) in [5, 5.41) is 0. The van der Waals surface area contributed by atoms with Crippen LogP contribution in [0.15, 0.2) is 0 Å². The Morgan fingerprint density at radius 3 is 2.24 bits per heavy atom. The molecule has 1 nitrogen and oxygen atoms in total. The summed E-state index contributed by atoms with van der Waals surface area (Å²) in [7, 11) is 0. The van der Waals surface area contributed by atoms with E-state index in [-0.39, 0.29) is 0 Å². The Bertz CT molecular complexity index is 266. The van der Waals surface area contributed by atoms with Crippen LogP contribution in [0.25, 0.3) is 0 Å². The molecule has 2 saturated carbocycles. The van der Waals surface area contributed by atoms with Gasteiger partial charge in [0.1, 0.15) is 0 Å². The largest absolute Gasteiger partial charge is 0.375 e. The quantitative estimate of drug-likeness (QED) is 0.605. The summed E-state index contributed by atoms with van der Waals surface area (Å²) >= 11 is 0. The van der Waals surface area contributed by atoms with Gasteiger partial charge < -0.3 is 4.74 Å². The fourth-order valence-corrected chi connectivity index (χ4v) is 4.08. The molecule has 3 rings (SSSR count). The van der Waals surface area contributed by atoms with E-state index in [1.807, 2.05) is 0 Å². The van der Waals surface area contributed by atoms with Crippen molar-refractivity contribution in [2.45, 2.75) is 71.3 Å².